The number of amides is 1. The zero-order chi connectivity index (χ0) is 28.7. The van der Waals surface area contributed by atoms with Crippen LogP contribution in [0.3, 0.4) is 0 Å². The average molecular weight is 562 g/mol. The highest BCUT2D eigenvalue weighted by atomic mass is 32.2. The van der Waals surface area contributed by atoms with Gasteiger partial charge in [-0.25, -0.2) is 8.42 Å². The molecule has 3 rings (SSSR count). The number of alkyl halides is 6. The lowest BCUT2D eigenvalue weighted by Crippen LogP contribution is -2.54. The molecular formula is C24H20F6N2O5S. The highest BCUT2D eigenvalue weighted by Crippen LogP contribution is 2.57. The van der Waals surface area contributed by atoms with E-state index in [4.69, 9.17) is 0 Å². The molecule has 0 spiro atoms. The Morgan fingerprint density at radius 3 is 1.66 bits per heavy atom. The summed E-state index contributed by atoms with van der Waals surface area (Å²) in [7, 11) is -4.53. The minimum absolute atomic E-state index is 0.229. The zero-order valence-electron chi connectivity index (χ0n) is 19.6. The van der Waals surface area contributed by atoms with Crippen molar-refractivity contribution in [1.29, 1.82) is 0 Å². The summed E-state index contributed by atoms with van der Waals surface area (Å²) in [4.78, 5) is 11.0. The number of benzene rings is 3. The molecule has 0 atom stereocenters. The number of anilines is 2. The van der Waals surface area contributed by atoms with Crippen molar-refractivity contribution in [2.75, 3.05) is 10.0 Å². The van der Waals surface area contributed by atoms with Crippen LogP contribution in [0, 0.1) is 6.92 Å². The van der Waals surface area contributed by atoms with Crippen molar-refractivity contribution in [3.63, 3.8) is 0 Å². The van der Waals surface area contributed by atoms with E-state index in [1.54, 1.807) is 6.92 Å². The fraction of sp³-hybridized carbons (Fsp3) is 0.208. The van der Waals surface area contributed by atoms with Gasteiger partial charge in [0.15, 0.2) is 0 Å². The number of sulfonamides is 1. The van der Waals surface area contributed by atoms with Crippen molar-refractivity contribution in [2.24, 2.45) is 0 Å². The summed E-state index contributed by atoms with van der Waals surface area (Å²) in [5.74, 6) is -2.61. The maximum absolute atomic E-state index is 14.5. The Bertz CT molecular complexity index is 1460. The Hall–Kier alpha value is -3.94. The average Bonchev–Trinajstić information content (AvgIpc) is 2.76. The van der Waals surface area contributed by atoms with E-state index < -0.39 is 67.7 Å². The first kappa shape index (κ1) is 28.6. The van der Waals surface area contributed by atoms with Crippen LogP contribution in [0.15, 0.2) is 65.6 Å². The Morgan fingerprint density at radius 2 is 1.21 bits per heavy atom. The maximum atomic E-state index is 14.5. The normalized spacial score (nSPS) is 12.7. The summed E-state index contributed by atoms with van der Waals surface area (Å²) in [6.45, 7) is 2.59. The van der Waals surface area contributed by atoms with E-state index >= 15 is 0 Å². The maximum Gasteiger partial charge on any atom is 0.411 e. The first-order chi connectivity index (χ1) is 17.4. The molecular weight excluding hydrogens is 542 g/mol. The molecule has 3 aromatic rings. The van der Waals surface area contributed by atoms with Crippen molar-refractivity contribution < 1.29 is 49.8 Å². The van der Waals surface area contributed by atoms with Gasteiger partial charge in [-0.05, 0) is 54.4 Å². The van der Waals surface area contributed by atoms with Crippen molar-refractivity contribution >= 4 is 27.3 Å². The van der Waals surface area contributed by atoms with E-state index in [-0.39, 0.29) is 11.0 Å². The summed E-state index contributed by atoms with van der Waals surface area (Å²) in [5.41, 5.74) is -8.66. The number of hydrogen-bond acceptors (Lipinski definition) is 5. The van der Waals surface area contributed by atoms with Gasteiger partial charge in [0.2, 0.25) is 11.3 Å². The summed E-state index contributed by atoms with van der Waals surface area (Å²) in [6, 6.07) is 7.48. The molecule has 0 fully saturated rings. The molecule has 1 amide bonds. The van der Waals surface area contributed by atoms with E-state index in [2.05, 4.69) is 0 Å². The number of aromatic hydroxyl groups is 2. The summed E-state index contributed by atoms with van der Waals surface area (Å²) in [6.07, 6.45) is -12.1. The third-order valence-electron chi connectivity index (χ3n) is 5.60. The molecule has 0 heterocycles. The molecule has 14 heteroatoms. The molecule has 3 aromatic carbocycles. The van der Waals surface area contributed by atoms with Gasteiger partial charge in [-0.3, -0.25) is 9.52 Å². The first-order valence-corrected chi connectivity index (χ1v) is 12.1. The van der Waals surface area contributed by atoms with Crippen molar-refractivity contribution in [3.8, 4) is 11.5 Å². The molecule has 4 N–H and O–H groups in total. The molecule has 0 aliphatic heterocycles. The Kier molecular flexibility index (Phi) is 7.34. The fourth-order valence-corrected chi connectivity index (χ4v) is 4.88. The van der Waals surface area contributed by atoms with Gasteiger partial charge in [0.25, 0.3) is 10.0 Å². The van der Waals surface area contributed by atoms with E-state index in [1.165, 1.54) is 12.1 Å². The van der Waals surface area contributed by atoms with Crippen LogP contribution in [-0.4, -0.2) is 36.9 Å². The smallest absolute Gasteiger partial charge is 0.411 e. The topological polar surface area (TPSA) is 116 Å². The standard InChI is InChI=1S/C24H20F6N2O5S/c1-13-3-7-17(8-4-13)38(36,37)32-19-12-16(6-10-21(19)35)22(23(25,26)27,24(28,29)30)15-5-9-20(34)18(11-15)31-14(2)33/h3-12,32,34-35H,1-2H3,(H,31,33). The van der Waals surface area contributed by atoms with Crippen LogP contribution in [0.5, 0.6) is 11.5 Å². The van der Waals surface area contributed by atoms with E-state index in [1.807, 2.05) is 10.0 Å². The van der Waals surface area contributed by atoms with Gasteiger partial charge in [0, 0.05) is 6.92 Å². The molecule has 0 unspecified atom stereocenters. The van der Waals surface area contributed by atoms with E-state index in [9.17, 15) is 49.8 Å². The summed E-state index contributed by atoms with van der Waals surface area (Å²) in [5, 5.41) is 22.0. The number of aryl methyl sites for hydroxylation is 1. The molecule has 0 radical (unpaired) electrons. The largest absolute Gasteiger partial charge is 0.506 e. The molecule has 0 aromatic heterocycles. The molecule has 0 aliphatic carbocycles. The second-order valence-corrected chi connectivity index (χ2v) is 9.99. The molecule has 7 nitrogen and oxygen atoms in total. The fourth-order valence-electron chi connectivity index (χ4n) is 3.81. The van der Waals surface area contributed by atoms with Gasteiger partial charge in [0.1, 0.15) is 11.5 Å². The predicted octanol–water partition coefficient (Wildman–Crippen LogP) is 5.58. The number of hydrogen-bond donors (Lipinski definition) is 4. The number of nitrogens with one attached hydrogen (secondary N) is 2. The van der Waals surface area contributed by atoms with Gasteiger partial charge in [-0.2, -0.15) is 26.3 Å². The lowest BCUT2D eigenvalue weighted by Gasteiger charge is -2.38. The summed E-state index contributed by atoms with van der Waals surface area (Å²) < 4.78 is 115. The van der Waals surface area contributed by atoms with Gasteiger partial charge < -0.3 is 15.5 Å². The van der Waals surface area contributed by atoms with Crippen LogP contribution < -0.4 is 10.0 Å². The first-order valence-electron chi connectivity index (χ1n) is 10.6. The lowest BCUT2D eigenvalue weighted by atomic mass is 9.72. The molecule has 0 aliphatic rings. The molecule has 0 bridgehead atoms. The summed E-state index contributed by atoms with van der Waals surface area (Å²) >= 11 is 0. The molecule has 38 heavy (non-hydrogen) atoms. The monoisotopic (exact) mass is 562 g/mol. The van der Waals surface area contributed by atoms with Crippen molar-refractivity contribution in [1.82, 2.24) is 0 Å². The highest BCUT2D eigenvalue weighted by Gasteiger charge is 2.72. The Morgan fingerprint density at radius 1 is 0.763 bits per heavy atom. The highest BCUT2D eigenvalue weighted by molar-refractivity contribution is 7.92. The third kappa shape index (κ3) is 5.21. The quantitative estimate of drug-likeness (QED) is 0.232. The van der Waals surface area contributed by atoms with Crippen molar-refractivity contribution in [2.45, 2.75) is 36.5 Å². The van der Waals surface area contributed by atoms with Gasteiger partial charge >= 0.3 is 12.4 Å². The van der Waals surface area contributed by atoms with E-state index in [0.29, 0.717) is 35.9 Å². The van der Waals surface area contributed by atoms with Crippen LogP contribution >= 0.6 is 0 Å². The second kappa shape index (κ2) is 9.74. The minimum atomic E-state index is -6.07. The van der Waals surface area contributed by atoms with Crippen LogP contribution in [0.4, 0.5) is 37.7 Å². The molecule has 0 saturated heterocycles. The number of phenols is 2. The SMILES string of the molecule is CC(=O)Nc1cc(C(c2ccc(O)c(NS(=O)(=O)c3ccc(C)cc3)c2)(C(F)(F)F)C(F)(F)F)ccc1O. The van der Waals surface area contributed by atoms with Gasteiger partial charge in [0.05, 0.1) is 16.3 Å². The minimum Gasteiger partial charge on any atom is -0.506 e. The number of carbonyl (C=O) groups is 1. The number of rotatable bonds is 6. The molecule has 204 valence electrons. The third-order valence-corrected chi connectivity index (χ3v) is 6.98. The Balaban J connectivity index is 2.29. The van der Waals surface area contributed by atoms with Crippen molar-refractivity contribution in [3.05, 3.63) is 77.4 Å². The number of phenolic OH excluding ortho intramolecular Hbond substituents is 2. The van der Waals surface area contributed by atoms with Gasteiger partial charge in [-0.15, -0.1) is 0 Å². The van der Waals surface area contributed by atoms with Crippen LogP contribution in [0.1, 0.15) is 23.6 Å². The van der Waals surface area contributed by atoms with E-state index in [0.717, 1.165) is 19.1 Å². The van der Waals surface area contributed by atoms with Crippen LogP contribution in [0.2, 0.25) is 0 Å². The Labute approximate surface area is 212 Å². The van der Waals surface area contributed by atoms with Gasteiger partial charge in [-0.1, -0.05) is 29.8 Å². The predicted molar refractivity (Wildman–Crippen MR) is 125 cm³/mol. The van der Waals surface area contributed by atoms with Crippen LogP contribution in [0.25, 0.3) is 0 Å². The number of halogens is 6. The second-order valence-electron chi connectivity index (χ2n) is 8.31. The molecule has 0 saturated carbocycles. The lowest BCUT2D eigenvalue weighted by molar-refractivity contribution is -0.288. The van der Waals surface area contributed by atoms with Crippen LogP contribution in [-0.2, 0) is 20.2 Å². The number of carbonyl (C=O) groups excluding carboxylic acids is 1. The zero-order valence-corrected chi connectivity index (χ0v) is 20.4.